The maximum absolute atomic E-state index is 11.1. The molecule has 1 heterocycles. The number of carboxylic acids is 1. The van der Waals surface area contributed by atoms with Crippen molar-refractivity contribution >= 4 is 29.2 Å². The number of aromatic carboxylic acids is 1. The molecule has 2 rings (SSSR count). The molecule has 0 spiro atoms. The molecule has 0 aliphatic carbocycles. The summed E-state index contributed by atoms with van der Waals surface area (Å²) in [6.45, 7) is -1.14. The van der Waals surface area contributed by atoms with E-state index in [4.69, 9.17) is 28.3 Å². The Morgan fingerprint density at radius 1 is 1.05 bits per heavy atom. The van der Waals surface area contributed by atoms with Crippen molar-refractivity contribution in [3.63, 3.8) is 0 Å². The topological polar surface area (TPSA) is 114 Å². The summed E-state index contributed by atoms with van der Waals surface area (Å²) in [5.41, 5.74) is 1.49. The molecule has 0 radical (unpaired) electrons. The quantitative estimate of drug-likeness (QED) is 0.569. The van der Waals surface area contributed by atoms with Crippen LogP contribution in [0.4, 0.5) is 0 Å². The van der Waals surface area contributed by atoms with Crippen molar-refractivity contribution in [2.45, 2.75) is 19.8 Å². The van der Waals surface area contributed by atoms with Crippen LogP contribution in [0.1, 0.15) is 27.2 Å². The molecular formula is C14H13Cl2NO5. The van der Waals surface area contributed by atoms with Gasteiger partial charge in [0, 0.05) is 5.56 Å². The molecule has 0 amide bonds. The van der Waals surface area contributed by atoms with Gasteiger partial charge in [0.1, 0.15) is 10.8 Å². The van der Waals surface area contributed by atoms with Crippen molar-refractivity contribution in [3.05, 3.63) is 44.7 Å². The number of carboxylic acid groups (broad SMARTS) is 1. The van der Waals surface area contributed by atoms with E-state index in [1.165, 1.54) is 0 Å². The molecule has 0 unspecified atom stereocenters. The molecule has 118 valence electrons. The van der Waals surface area contributed by atoms with Gasteiger partial charge < -0.3 is 25.4 Å². The van der Waals surface area contributed by atoms with Crippen molar-refractivity contribution in [2.24, 2.45) is 0 Å². The summed E-state index contributed by atoms with van der Waals surface area (Å²) in [5, 5.41) is 37.4. The number of rotatable bonds is 5. The van der Waals surface area contributed by atoms with E-state index >= 15 is 0 Å². The minimum atomic E-state index is -1.27. The van der Waals surface area contributed by atoms with E-state index < -0.39 is 19.2 Å². The fourth-order valence-electron chi connectivity index (χ4n) is 2.33. The molecule has 6 nitrogen and oxygen atoms in total. The Hall–Kier alpha value is -1.57. The summed E-state index contributed by atoms with van der Waals surface area (Å²) in [5.74, 6) is -1.27. The highest BCUT2D eigenvalue weighted by Crippen LogP contribution is 2.40. The summed E-state index contributed by atoms with van der Waals surface area (Å²) in [7, 11) is 0. The van der Waals surface area contributed by atoms with Gasteiger partial charge in [-0.15, -0.1) is 0 Å². The van der Waals surface area contributed by atoms with Gasteiger partial charge in [-0.25, -0.2) is 4.79 Å². The molecule has 1 aromatic heterocycles. The summed E-state index contributed by atoms with van der Waals surface area (Å²) < 4.78 is 0. The third kappa shape index (κ3) is 2.71. The number of benzene rings is 1. The fourth-order valence-corrected chi connectivity index (χ4v) is 3.00. The van der Waals surface area contributed by atoms with Gasteiger partial charge in [-0.3, -0.25) is 0 Å². The highest BCUT2D eigenvalue weighted by atomic mass is 35.5. The Morgan fingerprint density at radius 3 is 2.14 bits per heavy atom. The SMILES string of the molecule is O=C(O)c1[nH]c(Cl)c(-c2ccc(CO)c(CO)c2CO)c1Cl. The van der Waals surface area contributed by atoms with Gasteiger partial charge in [-0.05, 0) is 22.3 Å². The van der Waals surface area contributed by atoms with Gasteiger partial charge >= 0.3 is 5.97 Å². The van der Waals surface area contributed by atoms with Crippen molar-refractivity contribution in [1.29, 1.82) is 0 Å². The monoisotopic (exact) mass is 345 g/mol. The normalized spacial score (nSPS) is 11.0. The number of nitrogens with one attached hydrogen (secondary N) is 1. The van der Waals surface area contributed by atoms with Crippen LogP contribution in [-0.2, 0) is 19.8 Å². The molecule has 1 aromatic carbocycles. The third-order valence-electron chi connectivity index (χ3n) is 3.39. The summed E-state index contributed by atoms with van der Waals surface area (Å²) in [4.78, 5) is 13.6. The molecule has 0 fully saturated rings. The highest BCUT2D eigenvalue weighted by Gasteiger charge is 2.24. The predicted molar refractivity (Wildman–Crippen MR) is 81.0 cm³/mol. The van der Waals surface area contributed by atoms with Gasteiger partial charge in [-0.1, -0.05) is 35.3 Å². The smallest absolute Gasteiger partial charge is 0.353 e. The van der Waals surface area contributed by atoms with E-state index in [2.05, 4.69) is 4.98 Å². The van der Waals surface area contributed by atoms with E-state index in [-0.39, 0.29) is 28.0 Å². The fraction of sp³-hybridized carbons (Fsp3) is 0.214. The van der Waals surface area contributed by atoms with Crippen LogP contribution in [0.3, 0.4) is 0 Å². The summed E-state index contributed by atoms with van der Waals surface area (Å²) in [6.07, 6.45) is 0. The van der Waals surface area contributed by atoms with Gasteiger partial charge in [0.15, 0.2) is 0 Å². The van der Waals surface area contributed by atoms with Gasteiger partial charge in [0.05, 0.1) is 24.8 Å². The maximum Gasteiger partial charge on any atom is 0.353 e. The van der Waals surface area contributed by atoms with E-state index in [0.29, 0.717) is 22.3 Å². The van der Waals surface area contributed by atoms with Crippen LogP contribution in [0.15, 0.2) is 12.1 Å². The second-order valence-electron chi connectivity index (χ2n) is 4.51. The number of aliphatic hydroxyl groups excluding tert-OH is 3. The molecule has 0 aliphatic rings. The van der Waals surface area contributed by atoms with Crippen molar-refractivity contribution in [2.75, 3.05) is 0 Å². The van der Waals surface area contributed by atoms with Gasteiger partial charge in [0.2, 0.25) is 0 Å². The van der Waals surface area contributed by atoms with Gasteiger partial charge in [-0.2, -0.15) is 0 Å². The molecule has 0 aliphatic heterocycles. The lowest BCUT2D eigenvalue weighted by molar-refractivity contribution is 0.0691. The first-order valence-corrected chi connectivity index (χ1v) is 6.98. The van der Waals surface area contributed by atoms with Crippen molar-refractivity contribution in [1.82, 2.24) is 4.98 Å². The Balaban J connectivity index is 2.76. The number of hydrogen-bond acceptors (Lipinski definition) is 4. The minimum Gasteiger partial charge on any atom is -0.477 e. The number of carbonyl (C=O) groups is 1. The second-order valence-corrected chi connectivity index (χ2v) is 5.27. The number of hydrogen-bond donors (Lipinski definition) is 5. The molecule has 5 N–H and O–H groups in total. The predicted octanol–water partition coefficient (Wildman–Crippen LogP) is 2.16. The number of aliphatic hydroxyl groups is 3. The first-order valence-electron chi connectivity index (χ1n) is 6.23. The molecule has 22 heavy (non-hydrogen) atoms. The molecule has 0 saturated heterocycles. The van der Waals surface area contributed by atoms with Crippen LogP contribution in [0.2, 0.25) is 10.2 Å². The summed E-state index contributed by atoms with van der Waals surface area (Å²) in [6, 6.07) is 3.11. The van der Waals surface area contributed by atoms with Crippen LogP contribution >= 0.6 is 23.2 Å². The molecule has 8 heteroatoms. The minimum absolute atomic E-state index is 0.0118. The number of halogens is 2. The Morgan fingerprint density at radius 2 is 1.68 bits per heavy atom. The zero-order valence-corrected chi connectivity index (χ0v) is 12.7. The zero-order chi connectivity index (χ0) is 16.4. The van der Waals surface area contributed by atoms with E-state index in [9.17, 15) is 20.1 Å². The Kier molecular flexibility index (Phi) is 5.10. The molecule has 0 saturated carbocycles. The van der Waals surface area contributed by atoms with Crippen LogP contribution < -0.4 is 0 Å². The van der Waals surface area contributed by atoms with Crippen LogP contribution in [0.5, 0.6) is 0 Å². The van der Waals surface area contributed by atoms with Crippen LogP contribution in [0, 0.1) is 0 Å². The first-order chi connectivity index (χ1) is 10.5. The molecular weight excluding hydrogens is 333 g/mol. The first kappa shape index (κ1) is 16.8. The lowest BCUT2D eigenvalue weighted by Crippen LogP contribution is -2.03. The van der Waals surface area contributed by atoms with E-state index in [0.717, 1.165) is 0 Å². The number of aromatic amines is 1. The van der Waals surface area contributed by atoms with E-state index in [1.54, 1.807) is 12.1 Å². The molecule has 0 atom stereocenters. The van der Waals surface area contributed by atoms with Gasteiger partial charge in [0.25, 0.3) is 0 Å². The zero-order valence-electron chi connectivity index (χ0n) is 11.2. The largest absolute Gasteiger partial charge is 0.477 e. The molecule has 0 bridgehead atoms. The second kappa shape index (κ2) is 6.68. The number of aromatic nitrogens is 1. The maximum atomic E-state index is 11.1. The Labute approximate surface area is 135 Å². The van der Waals surface area contributed by atoms with Crippen LogP contribution in [-0.4, -0.2) is 31.4 Å². The van der Waals surface area contributed by atoms with Crippen molar-refractivity contribution < 1.29 is 25.2 Å². The van der Waals surface area contributed by atoms with Crippen molar-refractivity contribution in [3.8, 4) is 11.1 Å². The number of H-pyrrole nitrogens is 1. The van der Waals surface area contributed by atoms with Crippen LogP contribution in [0.25, 0.3) is 11.1 Å². The van der Waals surface area contributed by atoms with E-state index in [1.807, 2.05) is 0 Å². The highest BCUT2D eigenvalue weighted by molar-refractivity contribution is 6.41. The third-order valence-corrected chi connectivity index (χ3v) is 4.05. The lowest BCUT2D eigenvalue weighted by Gasteiger charge is -2.15. The Bertz CT molecular complexity index is 727. The summed E-state index contributed by atoms with van der Waals surface area (Å²) >= 11 is 12.1. The lowest BCUT2D eigenvalue weighted by atomic mass is 9.93. The standard InChI is InChI=1S/C14H13Cl2NO5/c15-11-10(13(16)17-12(11)14(21)22)7-2-1-6(3-18)8(4-19)9(7)5-20/h1-2,17-20H,3-5H2,(H,21,22). The average molecular weight is 346 g/mol. The molecule has 2 aromatic rings. The average Bonchev–Trinajstić information content (AvgIpc) is 2.80.